The van der Waals surface area contributed by atoms with Gasteiger partial charge in [0.15, 0.2) is 0 Å². The van der Waals surface area contributed by atoms with Gasteiger partial charge in [-0.3, -0.25) is 4.79 Å². The Bertz CT molecular complexity index is 570. The molecule has 1 aromatic carbocycles. The quantitative estimate of drug-likeness (QED) is 0.568. The lowest BCUT2D eigenvalue weighted by Gasteiger charge is -2.05. The standard InChI is InChI=1S/C11H8BrIN2OS/c12-8-4-7(1-2-9(8)14)15-11(16)6-3-10(13)17-5-6/h1-5H,14H2,(H,15,16). The van der Waals surface area contributed by atoms with Crippen molar-refractivity contribution in [3.63, 3.8) is 0 Å². The summed E-state index contributed by atoms with van der Waals surface area (Å²) in [6.45, 7) is 0. The normalized spacial score (nSPS) is 10.2. The Kier molecular flexibility index (Phi) is 4.05. The van der Waals surface area contributed by atoms with Crippen LogP contribution in [-0.4, -0.2) is 5.91 Å². The first-order chi connectivity index (χ1) is 8.06. The molecule has 3 N–H and O–H groups in total. The summed E-state index contributed by atoms with van der Waals surface area (Å²) >= 11 is 7.06. The minimum absolute atomic E-state index is 0.110. The molecule has 0 aliphatic heterocycles. The number of nitrogen functional groups attached to an aromatic ring is 1. The molecule has 17 heavy (non-hydrogen) atoms. The van der Waals surface area contributed by atoms with E-state index in [0.29, 0.717) is 11.3 Å². The van der Waals surface area contributed by atoms with E-state index < -0.39 is 0 Å². The van der Waals surface area contributed by atoms with Gasteiger partial charge in [-0.05, 0) is 62.8 Å². The van der Waals surface area contributed by atoms with Gasteiger partial charge in [0.05, 0.1) is 8.45 Å². The molecule has 0 spiro atoms. The molecule has 1 heterocycles. The summed E-state index contributed by atoms with van der Waals surface area (Å²) in [5, 5.41) is 4.66. The Morgan fingerprint density at radius 2 is 2.18 bits per heavy atom. The number of nitrogens with two attached hydrogens (primary N) is 1. The fraction of sp³-hybridized carbons (Fsp3) is 0. The van der Waals surface area contributed by atoms with Crippen molar-refractivity contribution in [2.75, 3.05) is 11.1 Å². The molecule has 0 unspecified atom stereocenters. The molecule has 2 rings (SSSR count). The monoisotopic (exact) mass is 422 g/mol. The van der Waals surface area contributed by atoms with Crippen LogP contribution in [0.3, 0.4) is 0 Å². The molecule has 0 bridgehead atoms. The molecule has 0 radical (unpaired) electrons. The summed E-state index contributed by atoms with van der Waals surface area (Å²) in [5.74, 6) is -0.110. The minimum Gasteiger partial charge on any atom is -0.398 e. The van der Waals surface area contributed by atoms with E-state index in [1.54, 1.807) is 29.5 Å². The molecule has 0 aliphatic rings. The van der Waals surface area contributed by atoms with Crippen LogP contribution in [-0.2, 0) is 0 Å². The van der Waals surface area contributed by atoms with E-state index in [4.69, 9.17) is 5.73 Å². The Morgan fingerprint density at radius 3 is 2.76 bits per heavy atom. The van der Waals surface area contributed by atoms with E-state index in [0.717, 1.165) is 13.0 Å². The van der Waals surface area contributed by atoms with Crippen LogP contribution < -0.4 is 11.1 Å². The highest BCUT2D eigenvalue weighted by Gasteiger charge is 2.08. The number of rotatable bonds is 2. The van der Waals surface area contributed by atoms with E-state index in [2.05, 4.69) is 43.8 Å². The summed E-state index contributed by atoms with van der Waals surface area (Å²) in [6, 6.07) is 7.16. The first-order valence-corrected chi connectivity index (χ1v) is 7.42. The molecular formula is C11H8BrIN2OS. The maximum Gasteiger partial charge on any atom is 0.256 e. The van der Waals surface area contributed by atoms with Crippen LogP contribution >= 0.6 is 49.9 Å². The number of halogens is 2. The second-order valence-corrected chi connectivity index (χ2v) is 6.99. The molecule has 3 nitrogen and oxygen atoms in total. The molecular weight excluding hydrogens is 415 g/mol. The number of nitrogens with one attached hydrogen (secondary N) is 1. The summed E-state index contributed by atoms with van der Waals surface area (Å²) in [6.07, 6.45) is 0. The highest BCUT2D eigenvalue weighted by atomic mass is 127. The molecule has 88 valence electrons. The third-order valence-corrected chi connectivity index (χ3v) is 4.56. The largest absolute Gasteiger partial charge is 0.398 e. The number of hydrogen-bond acceptors (Lipinski definition) is 3. The third-order valence-electron chi connectivity index (χ3n) is 2.09. The number of benzene rings is 1. The summed E-state index contributed by atoms with van der Waals surface area (Å²) < 4.78 is 1.86. The highest BCUT2D eigenvalue weighted by molar-refractivity contribution is 14.1. The van der Waals surface area contributed by atoms with Gasteiger partial charge in [-0.2, -0.15) is 0 Å². The van der Waals surface area contributed by atoms with Crippen LogP contribution in [0, 0.1) is 2.88 Å². The average Bonchev–Trinajstić information content (AvgIpc) is 2.70. The Labute approximate surface area is 125 Å². The van der Waals surface area contributed by atoms with Crippen molar-refractivity contribution in [1.82, 2.24) is 0 Å². The van der Waals surface area contributed by atoms with E-state index in [9.17, 15) is 4.79 Å². The lowest BCUT2D eigenvalue weighted by molar-refractivity contribution is 0.102. The Hall–Kier alpha value is -0.600. The SMILES string of the molecule is Nc1ccc(NC(=O)c2csc(I)c2)cc1Br. The van der Waals surface area contributed by atoms with Gasteiger partial charge in [0.1, 0.15) is 0 Å². The summed E-state index contributed by atoms with van der Waals surface area (Å²) in [4.78, 5) is 11.9. The molecule has 0 saturated carbocycles. The first kappa shape index (κ1) is 12.8. The maximum absolute atomic E-state index is 11.9. The fourth-order valence-corrected chi connectivity index (χ4v) is 2.94. The van der Waals surface area contributed by atoms with Crippen molar-refractivity contribution in [2.45, 2.75) is 0 Å². The lowest BCUT2D eigenvalue weighted by atomic mass is 10.2. The van der Waals surface area contributed by atoms with Crippen LogP contribution in [0.5, 0.6) is 0 Å². The van der Waals surface area contributed by atoms with Crippen molar-refractivity contribution in [2.24, 2.45) is 0 Å². The Morgan fingerprint density at radius 1 is 1.41 bits per heavy atom. The lowest BCUT2D eigenvalue weighted by Crippen LogP contribution is -2.10. The predicted octanol–water partition coefficient (Wildman–Crippen LogP) is 3.95. The Balaban J connectivity index is 2.15. The van der Waals surface area contributed by atoms with Gasteiger partial charge in [0, 0.05) is 21.2 Å². The smallest absolute Gasteiger partial charge is 0.256 e. The zero-order valence-corrected chi connectivity index (χ0v) is 13.1. The number of carbonyl (C=O) groups excluding carboxylic acids is 1. The van der Waals surface area contributed by atoms with Crippen molar-refractivity contribution in [3.05, 3.63) is 42.6 Å². The zero-order valence-electron chi connectivity index (χ0n) is 8.54. The van der Waals surface area contributed by atoms with Crippen molar-refractivity contribution in [3.8, 4) is 0 Å². The van der Waals surface area contributed by atoms with E-state index in [1.807, 2.05) is 11.4 Å². The molecule has 6 heteroatoms. The van der Waals surface area contributed by atoms with Crippen LogP contribution in [0.2, 0.25) is 0 Å². The van der Waals surface area contributed by atoms with Gasteiger partial charge < -0.3 is 11.1 Å². The predicted molar refractivity (Wildman–Crippen MR) is 83.5 cm³/mol. The number of thiophene rings is 1. The molecule has 0 saturated heterocycles. The molecule has 0 atom stereocenters. The highest BCUT2D eigenvalue weighted by Crippen LogP contribution is 2.24. The minimum atomic E-state index is -0.110. The molecule has 1 aromatic heterocycles. The molecule has 0 aliphatic carbocycles. The fourth-order valence-electron chi connectivity index (χ4n) is 1.24. The van der Waals surface area contributed by atoms with E-state index in [-0.39, 0.29) is 5.91 Å². The molecule has 2 aromatic rings. The second kappa shape index (κ2) is 5.36. The number of amides is 1. The second-order valence-electron chi connectivity index (χ2n) is 3.33. The van der Waals surface area contributed by atoms with Crippen LogP contribution in [0.4, 0.5) is 11.4 Å². The van der Waals surface area contributed by atoms with Gasteiger partial charge in [-0.1, -0.05) is 0 Å². The van der Waals surface area contributed by atoms with Gasteiger partial charge in [-0.15, -0.1) is 11.3 Å². The van der Waals surface area contributed by atoms with Crippen LogP contribution in [0.15, 0.2) is 34.1 Å². The maximum atomic E-state index is 11.9. The molecule has 0 fully saturated rings. The van der Waals surface area contributed by atoms with Gasteiger partial charge in [-0.25, -0.2) is 0 Å². The van der Waals surface area contributed by atoms with Crippen LogP contribution in [0.25, 0.3) is 0 Å². The van der Waals surface area contributed by atoms with Crippen molar-refractivity contribution < 1.29 is 4.79 Å². The van der Waals surface area contributed by atoms with Crippen LogP contribution in [0.1, 0.15) is 10.4 Å². The topological polar surface area (TPSA) is 55.1 Å². The van der Waals surface area contributed by atoms with E-state index >= 15 is 0 Å². The van der Waals surface area contributed by atoms with Gasteiger partial charge in [0.25, 0.3) is 5.91 Å². The van der Waals surface area contributed by atoms with Crippen molar-refractivity contribution >= 4 is 67.1 Å². The number of carbonyl (C=O) groups is 1. The average molecular weight is 423 g/mol. The summed E-state index contributed by atoms with van der Waals surface area (Å²) in [5.41, 5.74) is 7.71. The van der Waals surface area contributed by atoms with Crippen molar-refractivity contribution in [1.29, 1.82) is 0 Å². The summed E-state index contributed by atoms with van der Waals surface area (Å²) in [7, 11) is 0. The van der Waals surface area contributed by atoms with Gasteiger partial charge >= 0.3 is 0 Å². The first-order valence-electron chi connectivity index (χ1n) is 4.66. The van der Waals surface area contributed by atoms with E-state index in [1.165, 1.54) is 0 Å². The zero-order chi connectivity index (χ0) is 12.4. The number of anilines is 2. The third kappa shape index (κ3) is 3.20. The number of hydrogen-bond donors (Lipinski definition) is 2. The molecule has 1 amide bonds. The van der Waals surface area contributed by atoms with Gasteiger partial charge in [0.2, 0.25) is 0 Å².